The molecule has 1 unspecified atom stereocenters. The fourth-order valence-corrected chi connectivity index (χ4v) is 3.06. The van der Waals surface area contributed by atoms with Crippen LogP contribution in [0.5, 0.6) is 5.75 Å². The van der Waals surface area contributed by atoms with Gasteiger partial charge in [0, 0.05) is 30.4 Å². The maximum Gasteiger partial charge on any atom is 0.229 e. The number of hydrogen-bond acceptors (Lipinski definition) is 4. The molecule has 1 heterocycles. The van der Waals surface area contributed by atoms with Gasteiger partial charge in [-0.15, -0.1) is 0 Å². The Morgan fingerprint density at radius 1 is 1.35 bits per heavy atom. The Labute approximate surface area is 155 Å². The highest BCUT2D eigenvalue weighted by Crippen LogP contribution is 2.29. The molecule has 3 rings (SSSR count). The van der Waals surface area contributed by atoms with Gasteiger partial charge >= 0.3 is 0 Å². The summed E-state index contributed by atoms with van der Waals surface area (Å²) in [5.74, 6) is -0.195. The zero-order valence-corrected chi connectivity index (χ0v) is 14.8. The summed E-state index contributed by atoms with van der Waals surface area (Å²) in [6.07, 6.45) is 0.132. The molecule has 0 bridgehead atoms. The molecule has 0 saturated carbocycles. The first kappa shape index (κ1) is 17.8. The first-order chi connectivity index (χ1) is 12.5. The van der Waals surface area contributed by atoms with Crippen molar-refractivity contribution in [3.05, 3.63) is 53.1 Å². The lowest BCUT2D eigenvalue weighted by Gasteiger charge is -2.17. The average molecular weight is 370 g/mol. The van der Waals surface area contributed by atoms with Crippen molar-refractivity contribution in [2.24, 2.45) is 5.92 Å². The van der Waals surface area contributed by atoms with Gasteiger partial charge in [0.25, 0.3) is 0 Å². The van der Waals surface area contributed by atoms with Gasteiger partial charge in [0.1, 0.15) is 11.8 Å². The number of hydrogen-bond donors (Lipinski definition) is 1. The number of rotatable bonds is 4. The third-order valence-electron chi connectivity index (χ3n) is 4.22. The van der Waals surface area contributed by atoms with Gasteiger partial charge in [-0.2, -0.15) is 5.26 Å². The van der Waals surface area contributed by atoms with Gasteiger partial charge in [-0.1, -0.05) is 17.7 Å². The standard InChI is InChI=1S/C19H16ClN3O3/c1-26-16-4-2-3-15(9-16)23-11-13(7-18(23)24)19(25)22-14-6-5-12(10-21)17(20)8-14/h2-6,8-9,13H,7,11H2,1H3,(H,22,25). The first-order valence-electron chi connectivity index (χ1n) is 7.96. The van der Waals surface area contributed by atoms with E-state index in [9.17, 15) is 9.59 Å². The van der Waals surface area contributed by atoms with Crippen LogP contribution in [-0.4, -0.2) is 25.5 Å². The number of benzene rings is 2. The van der Waals surface area contributed by atoms with Gasteiger partial charge in [-0.3, -0.25) is 9.59 Å². The molecule has 2 aromatic carbocycles. The van der Waals surface area contributed by atoms with E-state index in [1.807, 2.05) is 6.07 Å². The van der Waals surface area contributed by atoms with Gasteiger partial charge < -0.3 is 15.0 Å². The van der Waals surface area contributed by atoms with Crippen molar-refractivity contribution in [2.75, 3.05) is 23.9 Å². The number of methoxy groups -OCH3 is 1. The topological polar surface area (TPSA) is 82.4 Å². The summed E-state index contributed by atoms with van der Waals surface area (Å²) in [7, 11) is 1.56. The Balaban J connectivity index is 1.71. The summed E-state index contributed by atoms with van der Waals surface area (Å²) < 4.78 is 5.18. The molecule has 132 valence electrons. The molecular weight excluding hydrogens is 354 g/mol. The number of carbonyl (C=O) groups is 2. The molecule has 26 heavy (non-hydrogen) atoms. The minimum atomic E-state index is -0.469. The molecule has 1 aliphatic rings. The second-order valence-corrected chi connectivity index (χ2v) is 6.31. The number of nitriles is 1. The fraction of sp³-hybridized carbons (Fsp3) is 0.211. The van der Waals surface area contributed by atoms with E-state index in [4.69, 9.17) is 21.6 Å². The largest absolute Gasteiger partial charge is 0.497 e. The minimum absolute atomic E-state index is 0.115. The van der Waals surface area contributed by atoms with E-state index in [-0.39, 0.29) is 23.3 Å². The number of ether oxygens (including phenoxy) is 1. The average Bonchev–Trinajstić information content (AvgIpc) is 3.04. The molecule has 1 atom stereocenters. The Hall–Kier alpha value is -3.04. The van der Waals surface area contributed by atoms with Crippen LogP contribution in [-0.2, 0) is 9.59 Å². The molecule has 7 heteroatoms. The zero-order chi connectivity index (χ0) is 18.7. The smallest absolute Gasteiger partial charge is 0.229 e. The van der Waals surface area contributed by atoms with Crippen LogP contribution < -0.4 is 15.0 Å². The molecule has 1 saturated heterocycles. The van der Waals surface area contributed by atoms with Gasteiger partial charge in [-0.05, 0) is 30.3 Å². The van der Waals surface area contributed by atoms with Crippen LogP contribution in [0, 0.1) is 17.2 Å². The number of nitrogens with zero attached hydrogens (tertiary/aromatic N) is 2. The molecule has 0 aliphatic carbocycles. The van der Waals surface area contributed by atoms with E-state index in [1.165, 1.54) is 6.07 Å². The highest BCUT2D eigenvalue weighted by Gasteiger charge is 2.35. The van der Waals surface area contributed by atoms with Gasteiger partial charge in [0.05, 0.1) is 23.6 Å². The monoisotopic (exact) mass is 369 g/mol. The zero-order valence-electron chi connectivity index (χ0n) is 14.0. The highest BCUT2D eigenvalue weighted by atomic mass is 35.5. The lowest BCUT2D eigenvalue weighted by molar-refractivity contribution is -0.122. The van der Waals surface area contributed by atoms with Crippen molar-refractivity contribution in [1.29, 1.82) is 5.26 Å². The molecule has 0 radical (unpaired) electrons. The van der Waals surface area contributed by atoms with Crippen molar-refractivity contribution in [1.82, 2.24) is 0 Å². The number of nitrogens with one attached hydrogen (secondary N) is 1. The van der Waals surface area contributed by atoms with Crippen LogP contribution in [0.1, 0.15) is 12.0 Å². The first-order valence-corrected chi connectivity index (χ1v) is 8.34. The SMILES string of the molecule is COc1cccc(N2CC(C(=O)Nc3ccc(C#N)c(Cl)c3)CC2=O)c1. The lowest BCUT2D eigenvalue weighted by Crippen LogP contribution is -2.28. The molecule has 1 fully saturated rings. The molecular formula is C19H16ClN3O3. The summed E-state index contributed by atoms with van der Waals surface area (Å²) in [6.45, 7) is 0.293. The number of halogens is 1. The van der Waals surface area contributed by atoms with Crippen LogP contribution in [0.4, 0.5) is 11.4 Å². The normalized spacial score (nSPS) is 16.3. The summed E-state index contributed by atoms with van der Waals surface area (Å²) in [5, 5.41) is 11.9. The quantitative estimate of drug-likeness (QED) is 0.897. The van der Waals surface area contributed by atoms with Crippen molar-refractivity contribution in [3.8, 4) is 11.8 Å². The molecule has 6 nitrogen and oxygen atoms in total. The third-order valence-corrected chi connectivity index (χ3v) is 4.53. The number of amides is 2. The molecule has 0 aromatic heterocycles. The molecule has 1 aliphatic heterocycles. The van der Waals surface area contributed by atoms with Crippen molar-refractivity contribution >= 4 is 34.8 Å². The summed E-state index contributed by atoms with van der Waals surface area (Å²) in [5.41, 5.74) is 1.53. The van der Waals surface area contributed by atoms with Crippen molar-refractivity contribution in [3.63, 3.8) is 0 Å². The summed E-state index contributed by atoms with van der Waals surface area (Å²) in [6, 6.07) is 13.8. The van der Waals surface area contributed by atoms with E-state index >= 15 is 0 Å². The number of anilines is 2. The molecule has 2 aromatic rings. The van der Waals surface area contributed by atoms with Crippen molar-refractivity contribution in [2.45, 2.75) is 6.42 Å². The maximum absolute atomic E-state index is 12.5. The van der Waals surface area contributed by atoms with E-state index in [0.717, 1.165) is 0 Å². The number of carbonyl (C=O) groups excluding carboxylic acids is 2. The van der Waals surface area contributed by atoms with E-state index in [1.54, 1.807) is 48.4 Å². The third kappa shape index (κ3) is 3.63. The van der Waals surface area contributed by atoms with E-state index in [0.29, 0.717) is 29.2 Å². The maximum atomic E-state index is 12.5. The molecule has 0 spiro atoms. The lowest BCUT2D eigenvalue weighted by atomic mass is 10.1. The highest BCUT2D eigenvalue weighted by molar-refractivity contribution is 6.32. The Kier molecular flexibility index (Phi) is 5.10. The van der Waals surface area contributed by atoms with Gasteiger partial charge in [0.2, 0.25) is 11.8 Å². The Morgan fingerprint density at radius 3 is 2.85 bits per heavy atom. The van der Waals surface area contributed by atoms with E-state index in [2.05, 4.69) is 5.32 Å². The van der Waals surface area contributed by atoms with Crippen molar-refractivity contribution < 1.29 is 14.3 Å². The second-order valence-electron chi connectivity index (χ2n) is 5.90. The van der Waals surface area contributed by atoms with Crippen LogP contribution in [0.15, 0.2) is 42.5 Å². The summed E-state index contributed by atoms with van der Waals surface area (Å²) in [4.78, 5) is 26.4. The van der Waals surface area contributed by atoms with Crippen LogP contribution >= 0.6 is 11.6 Å². The molecule has 1 N–H and O–H groups in total. The Morgan fingerprint density at radius 2 is 2.15 bits per heavy atom. The van der Waals surface area contributed by atoms with Crippen LogP contribution in [0.2, 0.25) is 5.02 Å². The summed E-state index contributed by atoms with van der Waals surface area (Å²) >= 11 is 5.98. The predicted molar refractivity (Wildman–Crippen MR) is 98.3 cm³/mol. The predicted octanol–water partition coefficient (Wildman–Crippen LogP) is 3.21. The fourth-order valence-electron chi connectivity index (χ4n) is 2.84. The van der Waals surface area contributed by atoms with Crippen LogP contribution in [0.25, 0.3) is 0 Å². The van der Waals surface area contributed by atoms with Crippen LogP contribution in [0.3, 0.4) is 0 Å². The van der Waals surface area contributed by atoms with Gasteiger partial charge in [-0.25, -0.2) is 0 Å². The molecule has 2 amide bonds. The Bertz CT molecular complexity index is 907. The van der Waals surface area contributed by atoms with E-state index < -0.39 is 5.92 Å². The minimum Gasteiger partial charge on any atom is -0.497 e. The van der Waals surface area contributed by atoms with Gasteiger partial charge in [0.15, 0.2) is 0 Å². The second kappa shape index (κ2) is 7.46.